The average molecular weight is 433 g/mol. The summed E-state index contributed by atoms with van der Waals surface area (Å²) in [4.78, 5) is 6.74. The number of rotatable bonds is 4. The highest BCUT2D eigenvalue weighted by molar-refractivity contribution is 14.0. The molecule has 0 aromatic heterocycles. The van der Waals surface area contributed by atoms with Crippen LogP contribution >= 0.6 is 24.0 Å². The van der Waals surface area contributed by atoms with Gasteiger partial charge in [0, 0.05) is 26.7 Å². The molecule has 1 aromatic carbocycles. The number of hydrogen-bond acceptors (Lipinski definition) is 3. The van der Waals surface area contributed by atoms with Gasteiger partial charge in [0.1, 0.15) is 0 Å². The average Bonchev–Trinajstić information content (AvgIpc) is 2.56. The predicted molar refractivity (Wildman–Crippen MR) is 105 cm³/mol. The summed E-state index contributed by atoms with van der Waals surface area (Å²) in [6, 6.07) is 5.97. The van der Waals surface area contributed by atoms with Crippen LogP contribution in [-0.2, 0) is 6.54 Å². The van der Waals surface area contributed by atoms with E-state index in [2.05, 4.69) is 22.1 Å². The molecular weight excluding hydrogens is 405 g/mol. The summed E-state index contributed by atoms with van der Waals surface area (Å²) in [5.41, 5.74) is 1.14. The first-order valence-corrected chi connectivity index (χ1v) is 7.84. The summed E-state index contributed by atoms with van der Waals surface area (Å²) in [6.45, 7) is 5.19. The van der Waals surface area contributed by atoms with E-state index in [1.807, 2.05) is 25.2 Å². The number of nitrogens with one attached hydrogen (secondary N) is 1. The molecule has 1 aliphatic rings. The van der Waals surface area contributed by atoms with E-state index in [0.29, 0.717) is 0 Å². The number of halogens is 1. The van der Waals surface area contributed by atoms with E-state index < -0.39 is 0 Å². The fourth-order valence-electron chi connectivity index (χ4n) is 2.72. The molecule has 0 unspecified atom stereocenters. The van der Waals surface area contributed by atoms with Crippen molar-refractivity contribution in [1.29, 1.82) is 0 Å². The molecule has 0 bridgehead atoms. The van der Waals surface area contributed by atoms with Gasteiger partial charge in [-0.3, -0.25) is 4.99 Å². The molecule has 1 fully saturated rings. The lowest BCUT2D eigenvalue weighted by molar-refractivity contribution is 0.273. The minimum atomic E-state index is 0. The largest absolute Gasteiger partial charge is 0.493 e. The lowest BCUT2D eigenvalue weighted by atomic mass is 9.99. The predicted octanol–water partition coefficient (Wildman–Crippen LogP) is 3.13. The molecule has 1 aromatic rings. The van der Waals surface area contributed by atoms with Gasteiger partial charge in [-0.05, 0) is 36.5 Å². The smallest absolute Gasteiger partial charge is 0.193 e. The van der Waals surface area contributed by atoms with Crippen LogP contribution in [0.3, 0.4) is 0 Å². The Kier molecular flexibility index (Phi) is 8.51. The SMILES string of the molecule is CN=C(NCc1ccc(OC)c(OC)c1)N1CCC(C)CC1.I. The molecule has 0 atom stereocenters. The molecule has 5 nitrogen and oxygen atoms in total. The van der Waals surface area contributed by atoms with Gasteiger partial charge >= 0.3 is 0 Å². The first-order chi connectivity index (χ1) is 10.7. The van der Waals surface area contributed by atoms with Crippen molar-refractivity contribution in [3.8, 4) is 11.5 Å². The summed E-state index contributed by atoms with van der Waals surface area (Å²) in [7, 11) is 5.15. The van der Waals surface area contributed by atoms with Crippen molar-refractivity contribution in [2.24, 2.45) is 10.9 Å². The second kappa shape index (κ2) is 9.85. The number of ether oxygens (including phenoxy) is 2. The van der Waals surface area contributed by atoms with E-state index in [1.165, 1.54) is 12.8 Å². The van der Waals surface area contributed by atoms with E-state index in [9.17, 15) is 0 Å². The first-order valence-electron chi connectivity index (χ1n) is 7.84. The Labute approximate surface area is 156 Å². The summed E-state index contributed by atoms with van der Waals surface area (Å²) in [5.74, 6) is 3.30. The number of hydrogen-bond donors (Lipinski definition) is 1. The van der Waals surface area contributed by atoms with Gasteiger partial charge < -0.3 is 19.7 Å². The monoisotopic (exact) mass is 433 g/mol. The van der Waals surface area contributed by atoms with Crippen molar-refractivity contribution >= 4 is 29.9 Å². The zero-order chi connectivity index (χ0) is 15.9. The van der Waals surface area contributed by atoms with Crippen molar-refractivity contribution in [2.75, 3.05) is 34.4 Å². The van der Waals surface area contributed by atoms with Gasteiger partial charge in [-0.2, -0.15) is 0 Å². The molecule has 1 aliphatic heterocycles. The second-order valence-corrected chi connectivity index (χ2v) is 5.76. The maximum atomic E-state index is 5.34. The quantitative estimate of drug-likeness (QED) is 0.451. The van der Waals surface area contributed by atoms with Crippen molar-refractivity contribution < 1.29 is 9.47 Å². The Balaban J connectivity index is 0.00000264. The van der Waals surface area contributed by atoms with Crippen molar-refractivity contribution in [2.45, 2.75) is 26.3 Å². The van der Waals surface area contributed by atoms with Crippen LogP contribution in [0.15, 0.2) is 23.2 Å². The van der Waals surface area contributed by atoms with Gasteiger partial charge in [-0.15, -0.1) is 24.0 Å². The van der Waals surface area contributed by atoms with Crippen LogP contribution in [0.2, 0.25) is 0 Å². The third-order valence-corrected chi connectivity index (χ3v) is 4.19. The summed E-state index contributed by atoms with van der Waals surface area (Å²) >= 11 is 0. The zero-order valence-electron chi connectivity index (χ0n) is 14.5. The summed E-state index contributed by atoms with van der Waals surface area (Å²) in [6.07, 6.45) is 2.47. The highest BCUT2D eigenvalue weighted by atomic mass is 127. The number of methoxy groups -OCH3 is 2. The number of nitrogens with zero attached hydrogens (tertiary/aromatic N) is 2. The van der Waals surface area contributed by atoms with Crippen LogP contribution in [0.5, 0.6) is 11.5 Å². The maximum Gasteiger partial charge on any atom is 0.193 e. The molecule has 1 N–H and O–H groups in total. The topological polar surface area (TPSA) is 46.1 Å². The van der Waals surface area contributed by atoms with Gasteiger partial charge in [0.15, 0.2) is 17.5 Å². The third-order valence-electron chi connectivity index (χ3n) is 4.19. The van der Waals surface area contributed by atoms with E-state index in [4.69, 9.17) is 9.47 Å². The summed E-state index contributed by atoms with van der Waals surface area (Å²) in [5, 5.41) is 3.44. The normalized spacial score (nSPS) is 15.8. The molecule has 1 saturated heterocycles. The standard InChI is InChI=1S/C17H27N3O2.HI/c1-13-7-9-20(10-8-13)17(18-2)19-12-14-5-6-15(21-3)16(11-14)22-4;/h5-6,11,13H,7-10,12H2,1-4H3,(H,18,19);1H. The minimum absolute atomic E-state index is 0. The molecule has 0 saturated carbocycles. The van der Waals surface area contributed by atoms with Crippen LogP contribution in [0.25, 0.3) is 0 Å². The maximum absolute atomic E-state index is 5.34. The van der Waals surface area contributed by atoms with Crippen molar-refractivity contribution in [1.82, 2.24) is 10.2 Å². The van der Waals surface area contributed by atoms with Crippen molar-refractivity contribution in [3.63, 3.8) is 0 Å². The fourth-order valence-corrected chi connectivity index (χ4v) is 2.72. The van der Waals surface area contributed by atoms with E-state index in [-0.39, 0.29) is 24.0 Å². The Morgan fingerprint density at radius 1 is 1.22 bits per heavy atom. The molecule has 130 valence electrons. The van der Waals surface area contributed by atoms with E-state index >= 15 is 0 Å². The number of guanidine groups is 1. The van der Waals surface area contributed by atoms with Gasteiger partial charge in [-0.1, -0.05) is 13.0 Å². The third kappa shape index (κ3) is 5.44. The highest BCUT2D eigenvalue weighted by Gasteiger charge is 2.18. The van der Waals surface area contributed by atoms with Crippen LogP contribution in [0, 0.1) is 5.92 Å². The van der Waals surface area contributed by atoms with Gasteiger partial charge in [0.05, 0.1) is 14.2 Å². The molecular formula is C17H28IN3O2. The van der Waals surface area contributed by atoms with E-state index in [0.717, 1.165) is 48.6 Å². The summed E-state index contributed by atoms with van der Waals surface area (Å²) < 4.78 is 10.6. The van der Waals surface area contributed by atoms with Crippen molar-refractivity contribution in [3.05, 3.63) is 23.8 Å². The van der Waals surface area contributed by atoms with Crippen LogP contribution in [0.4, 0.5) is 0 Å². The Morgan fingerprint density at radius 2 is 1.87 bits per heavy atom. The molecule has 0 spiro atoms. The first kappa shape index (κ1) is 19.9. The van der Waals surface area contributed by atoms with Gasteiger partial charge in [-0.25, -0.2) is 0 Å². The molecule has 23 heavy (non-hydrogen) atoms. The number of likely N-dealkylation sites (tertiary alicyclic amines) is 1. The zero-order valence-corrected chi connectivity index (χ0v) is 16.8. The molecule has 0 amide bonds. The molecule has 2 rings (SSSR count). The van der Waals surface area contributed by atoms with Crippen LogP contribution in [0.1, 0.15) is 25.3 Å². The fraction of sp³-hybridized carbons (Fsp3) is 0.588. The highest BCUT2D eigenvalue weighted by Crippen LogP contribution is 2.27. The Hall–Kier alpha value is -1.18. The van der Waals surface area contributed by atoms with Crippen LogP contribution in [-0.4, -0.2) is 45.2 Å². The minimum Gasteiger partial charge on any atom is -0.493 e. The number of aliphatic imine (C=N–C) groups is 1. The lowest BCUT2D eigenvalue weighted by Gasteiger charge is -2.33. The van der Waals surface area contributed by atoms with Gasteiger partial charge in [0.25, 0.3) is 0 Å². The molecule has 6 heteroatoms. The second-order valence-electron chi connectivity index (χ2n) is 5.76. The Morgan fingerprint density at radius 3 is 2.43 bits per heavy atom. The van der Waals surface area contributed by atoms with Crippen LogP contribution < -0.4 is 14.8 Å². The van der Waals surface area contributed by atoms with Gasteiger partial charge in [0.2, 0.25) is 0 Å². The number of piperidine rings is 1. The molecule has 0 aliphatic carbocycles. The van der Waals surface area contributed by atoms with E-state index in [1.54, 1.807) is 14.2 Å². The molecule has 1 heterocycles. The Bertz CT molecular complexity index is 515. The molecule has 0 radical (unpaired) electrons. The number of benzene rings is 1. The lowest BCUT2D eigenvalue weighted by Crippen LogP contribution is -2.45.